The van der Waals surface area contributed by atoms with Crippen molar-refractivity contribution in [1.82, 2.24) is 9.97 Å². The zero-order valence-electron chi connectivity index (χ0n) is 9.85. The Hall–Kier alpha value is -2.21. The van der Waals surface area contributed by atoms with Crippen LogP contribution in [0.4, 0.5) is 15.9 Å². The van der Waals surface area contributed by atoms with E-state index in [9.17, 15) is 9.18 Å². The second-order valence-electron chi connectivity index (χ2n) is 3.53. The van der Waals surface area contributed by atoms with Gasteiger partial charge in [-0.25, -0.2) is 14.2 Å². The molecule has 1 heterocycles. The van der Waals surface area contributed by atoms with Crippen LogP contribution in [0.1, 0.15) is 10.5 Å². The van der Waals surface area contributed by atoms with Crippen LogP contribution in [0, 0.1) is 5.82 Å². The summed E-state index contributed by atoms with van der Waals surface area (Å²) in [6, 6.07) is 4.16. The Morgan fingerprint density at radius 1 is 1.42 bits per heavy atom. The maximum absolute atomic E-state index is 13.6. The molecule has 0 atom stereocenters. The van der Waals surface area contributed by atoms with Gasteiger partial charge in [-0.05, 0) is 18.2 Å². The maximum atomic E-state index is 13.6. The van der Waals surface area contributed by atoms with Crippen molar-refractivity contribution < 1.29 is 13.9 Å². The Morgan fingerprint density at radius 3 is 2.89 bits per heavy atom. The van der Waals surface area contributed by atoms with Gasteiger partial charge in [-0.2, -0.15) is 0 Å². The van der Waals surface area contributed by atoms with E-state index >= 15 is 0 Å². The highest BCUT2D eigenvalue weighted by Gasteiger charge is 2.10. The minimum atomic E-state index is -0.618. The third kappa shape index (κ3) is 3.17. The molecule has 0 aliphatic rings. The van der Waals surface area contributed by atoms with Gasteiger partial charge in [0.1, 0.15) is 11.6 Å². The van der Waals surface area contributed by atoms with E-state index in [0.717, 1.165) is 0 Å². The minimum Gasteiger partial charge on any atom is -0.464 e. The molecule has 7 heteroatoms. The Labute approximate surface area is 113 Å². The molecule has 0 aliphatic heterocycles. The van der Waals surface area contributed by atoms with Crippen LogP contribution in [0.2, 0.25) is 5.02 Å². The first-order valence-electron chi connectivity index (χ1n) is 5.22. The fourth-order valence-electron chi connectivity index (χ4n) is 1.36. The smallest absolute Gasteiger partial charge is 0.358 e. The monoisotopic (exact) mass is 281 g/mol. The van der Waals surface area contributed by atoms with Crippen LogP contribution in [-0.4, -0.2) is 23.0 Å². The summed E-state index contributed by atoms with van der Waals surface area (Å²) in [7, 11) is 1.24. The quantitative estimate of drug-likeness (QED) is 0.877. The molecule has 1 aromatic heterocycles. The second-order valence-corrected chi connectivity index (χ2v) is 3.97. The predicted molar refractivity (Wildman–Crippen MR) is 68.1 cm³/mol. The first-order valence-corrected chi connectivity index (χ1v) is 5.60. The molecule has 1 aromatic carbocycles. The number of aromatic nitrogens is 2. The van der Waals surface area contributed by atoms with Gasteiger partial charge in [-0.1, -0.05) is 11.6 Å². The summed E-state index contributed by atoms with van der Waals surface area (Å²) in [5.41, 5.74) is 0.211. The molecule has 0 unspecified atom stereocenters. The van der Waals surface area contributed by atoms with E-state index in [-0.39, 0.29) is 22.2 Å². The first-order chi connectivity index (χ1) is 9.10. The van der Waals surface area contributed by atoms with E-state index < -0.39 is 11.8 Å². The summed E-state index contributed by atoms with van der Waals surface area (Å²) < 4.78 is 18.1. The zero-order chi connectivity index (χ0) is 13.8. The van der Waals surface area contributed by atoms with Crippen LogP contribution in [0.3, 0.4) is 0 Å². The molecular weight excluding hydrogens is 273 g/mol. The van der Waals surface area contributed by atoms with Crippen molar-refractivity contribution in [2.45, 2.75) is 0 Å². The van der Waals surface area contributed by atoms with Crippen molar-refractivity contribution in [1.29, 1.82) is 0 Å². The molecule has 2 aromatic rings. The SMILES string of the molecule is COC(=O)c1cncc(Nc2ccc(Cl)cc2F)n1. The average Bonchev–Trinajstić information content (AvgIpc) is 2.41. The van der Waals surface area contributed by atoms with Crippen LogP contribution in [-0.2, 0) is 4.74 Å². The zero-order valence-corrected chi connectivity index (χ0v) is 10.6. The fraction of sp³-hybridized carbons (Fsp3) is 0.0833. The lowest BCUT2D eigenvalue weighted by Gasteiger charge is -2.07. The number of halogens is 2. The van der Waals surface area contributed by atoms with Crippen LogP contribution >= 0.6 is 11.6 Å². The van der Waals surface area contributed by atoms with Gasteiger partial charge < -0.3 is 10.1 Å². The molecule has 0 bridgehead atoms. The van der Waals surface area contributed by atoms with Crippen LogP contribution in [0.25, 0.3) is 0 Å². The fourth-order valence-corrected chi connectivity index (χ4v) is 1.52. The molecule has 0 saturated carbocycles. The molecule has 0 saturated heterocycles. The van der Waals surface area contributed by atoms with Gasteiger partial charge in [0.25, 0.3) is 0 Å². The topological polar surface area (TPSA) is 64.1 Å². The number of nitrogens with zero attached hydrogens (tertiary/aromatic N) is 2. The maximum Gasteiger partial charge on any atom is 0.358 e. The number of carbonyl (C=O) groups is 1. The summed E-state index contributed by atoms with van der Waals surface area (Å²) in [5.74, 6) is -0.922. The molecule has 0 fully saturated rings. The lowest BCUT2D eigenvalue weighted by Crippen LogP contribution is -2.07. The number of hydrogen-bond donors (Lipinski definition) is 1. The van der Waals surface area contributed by atoms with E-state index in [1.807, 2.05) is 0 Å². The highest BCUT2D eigenvalue weighted by atomic mass is 35.5. The van der Waals surface area contributed by atoms with Gasteiger partial charge in [-0.3, -0.25) is 4.98 Å². The van der Waals surface area contributed by atoms with Crippen molar-refractivity contribution in [3.8, 4) is 0 Å². The highest BCUT2D eigenvalue weighted by Crippen LogP contribution is 2.21. The molecular formula is C12H9ClFN3O2. The van der Waals surface area contributed by atoms with Crippen LogP contribution in [0.15, 0.2) is 30.6 Å². The summed E-state index contributed by atoms with van der Waals surface area (Å²) in [4.78, 5) is 19.1. The average molecular weight is 282 g/mol. The lowest BCUT2D eigenvalue weighted by atomic mass is 10.3. The van der Waals surface area contributed by atoms with Gasteiger partial charge in [0, 0.05) is 5.02 Å². The molecule has 0 aliphatic carbocycles. The standard InChI is InChI=1S/C12H9ClFN3O2/c1-19-12(18)10-5-15-6-11(17-10)16-9-3-2-7(13)4-8(9)14/h2-6H,1H3,(H,16,17). The number of hydrogen-bond acceptors (Lipinski definition) is 5. The molecule has 0 amide bonds. The molecule has 5 nitrogen and oxygen atoms in total. The molecule has 0 radical (unpaired) electrons. The number of ether oxygens (including phenoxy) is 1. The normalized spacial score (nSPS) is 10.1. The van der Waals surface area contributed by atoms with Gasteiger partial charge in [0.05, 0.1) is 25.2 Å². The number of nitrogens with one attached hydrogen (secondary N) is 1. The molecule has 98 valence electrons. The van der Waals surface area contributed by atoms with Crippen LogP contribution in [0.5, 0.6) is 0 Å². The number of benzene rings is 1. The number of rotatable bonds is 3. The van der Waals surface area contributed by atoms with Gasteiger partial charge in [-0.15, -0.1) is 0 Å². The van der Waals surface area contributed by atoms with E-state index in [0.29, 0.717) is 0 Å². The first kappa shape index (κ1) is 13.2. The largest absolute Gasteiger partial charge is 0.464 e. The summed E-state index contributed by atoms with van der Waals surface area (Å²) in [6.45, 7) is 0. The Balaban J connectivity index is 2.26. The number of esters is 1. The van der Waals surface area contributed by atoms with Gasteiger partial charge in [0.2, 0.25) is 0 Å². The predicted octanol–water partition coefficient (Wildman–Crippen LogP) is 2.80. The lowest BCUT2D eigenvalue weighted by molar-refractivity contribution is 0.0593. The summed E-state index contributed by atoms with van der Waals surface area (Å²) in [5, 5.41) is 2.99. The number of anilines is 2. The highest BCUT2D eigenvalue weighted by molar-refractivity contribution is 6.30. The number of methoxy groups -OCH3 is 1. The van der Waals surface area contributed by atoms with E-state index in [1.165, 1.54) is 37.7 Å². The Kier molecular flexibility index (Phi) is 3.91. The van der Waals surface area contributed by atoms with E-state index in [2.05, 4.69) is 20.0 Å². The molecule has 0 spiro atoms. The van der Waals surface area contributed by atoms with Crippen molar-refractivity contribution in [2.24, 2.45) is 0 Å². The third-order valence-electron chi connectivity index (χ3n) is 2.22. The van der Waals surface area contributed by atoms with Crippen molar-refractivity contribution >= 4 is 29.1 Å². The van der Waals surface area contributed by atoms with E-state index in [4.69, 9.17) is 11.6 Å². The molecule has 19 heavy (non-hydrogen) atoms. The Morgan fingerprint density at radius 2 is 2.21 bits per heavy atom. The van der Waals surface area contributed by atoms with Gasteiger partial charge >= 0.3 is 5.97 Å². The number of carbonyl (C=O) groups excluding carboxylic acids is 1. The van der Waals surface area contributed by atoms with E-state index in [1.54, 1.807) is 0 Å². The molecule has 2 rings (SSSR count). The molecule has 1 N–H and O–H groups in total. The second kappa shape index (κ2) is 5.62. The van der Waals surface area contributed by atoms with Crippen molar-refractivity contribution in [3.05, 3.63) is 47.1 Å². The van der Waals surface area contributed by atoms with Crippen LogP contribution < -0.4 is 5.32 Å². The summed E-state index contributed by atoms with van der Waals surface area (Å²) in [6.07, 6.45) is 2.62. The summed E-state index contributed by atoms with van der Waals surface area (Å²) >= 11 is 5.65. The third-order valence-corrected chi connectivity index (χ3v) is 2.46. The van der Waals surface area contributed by atoms with Gasteiger partial charge in [0.15, 0.2) is 5.69 Å². The van der Waals surface area contributed by atoms with Crippen molar-refractivity contribution in [2.75, 3.05) is 12.4 Å². The Bertz CT molecular complexity index is 622. The van der Waals surface area contributed by atoms with Crippen molar-refractivity contribution in [3.63, 3.8) is 0 Å². The minimum absolute atomic E-state index is 0.0295.